The summed E-state index contributed by atoms with van der Waals surface area (Å²) in [6, 6.07) is 11.0. The molecule has 0 N–H and O–H groups in total. The van der Waals surface area contributed by atoms with Crippen LogP contribution in [0.4, 0.5) is 5.69 Å². The molecular formula is C13H6BrClN2O3. The Bertz CT molecular complexity index is 728. The van der Waals surface area contributed by atoms with Crippen molar-refractivity contribution in [3.8, 4) is 17.6 Å². The number of nitro groups is 1. The predicted molar refractivity (Wildman–Crippen MR) is 77.0 cm³/mol. The highest BCUT2D eigenvalue weighted by atomic mass is 79.9. The zero-order valence-corrected chi connectivity index (χ0v) is 12.2. The van der Waals surface area contributed by atoms with E-state index in [2.05, 4.69) is 15.9 Å². The molecule has 0 aliphatic heterocycles. The van der Waals surface area contributed by atoms with Gasteiger partial charge in [0.15, 0.2) is 0 Å². The molecule has 0 atom stereocenters. The van der Waals surface area contributed by atoms with Crippen LogP contribution >= 0.6 is 27.5 Å². The van der Waals surface area contributed by atoms with Gasteiger partial charge in [-0.2, -0.15) is 5.26 Å². The molecule has 0 fully saturated rings. The number of rotatable bonds is 3. The summed E-state index contributed by atoms with van der Waals surface area (Å²) >= 11 is 9.04. The quantitative estimate of drug-likeness (QED) is 0.593. The predicted octanol–water partition coefficient (Wildman–Crippen LogP) is 4.67. The summed E-state index contributed by atoms with van der Waals surface area (Å²) in [5.41, 5.74) is 0.305. The fourth-order valence-corrected chi connectivity index (χ4v) is 2.17. The number of nitrogens with zero attached hydrogens (tertiary/aromatic N) is 2. The number of nitriles is 1. The van der Waals surface area contributed by atoms with Crippen LogP contribution in [0.3, 0.4) is 0 Å². The molecule has 0 amide bonds. The Morgan fingerprint density at radius 1 is 1.25 bits per heavy atom. The molecule has 0 heterocycles. The Morgan fingerprint density at radius 2 is 1.90 bits per heavy atom. The second kappa shape index (κ2) is 5.90. The van der Waals surface area contributed by atoms with Crippen LogP contribution in [0.1, 0.15) is 5.56 Å². The van der Waals surface area contributed by atoms with E-state index in [0.717, 1.165) is 0 Å². The maximum atomic E-state index is 10.7. The monoisotopic (exact) mass is 352 g/mol. The SMILES string of the molecule is N#Cc1ccc(Oc2ccc([N+](=O)[O-])c(Cl)c2)cc1Br. The zero-order chi connectivity index (χ0) is 14.7. The fourth-order valence-electron chi connectivity index (χ4n) is 1.49. The van der Waals surface area contributed by atoms with E-state index in [1.807, 2.05) is 6.07 Å². The standard InChI is InChI=1S/C13H6BrClN2O3/c14-11-5-9(2-1-8(11)7-16)20-10-3-4-13(17(18)19)12(15)6-10/h1-6H. The Kier molecular flexibility index (Phi) is 4.23. The number of benzene rings is 2. The Hall–Kier alpha value is -2.10. The first-order valence-corrected chi connectivity index (χ1v) is 6.50. The highest BCUT2D eigenvalue weighted by molar-refractivity contribution is 9.10. The minimum absolute atomic E-state index is 0.000195. The van der Waals surface area contributed by atoms with Crippen LogP contribution in [-0.4, -0.2) is 4.92 Å². The van der Waals surface area contributed by atoms with Crippen LogP contribution in [0.5, 0.6) is 11.5 Å². The first-order valence-electron chi connectivity index (χ1n) is 5.32. The smallest absolute Gasteiger partial charge is 0.288 e. The number of ether oxygens (including phenoxy) is 1. The summed E-state index contributed by atoms with van der Waals surface area (Å²) in [7, 11) is 0. The molecule has 0 saturated carbocycles. The van der Waals surface area contributed by atoms with Crippen LogP contribution in [0.15, 0.2) is 40.9 Å². The number of hydrogen-bond donors (Lipinski definition) is 0. The largest absolute Gasteiger partial charge is 0.457 e. The molecule has 5 nitrogen and oxygen atoms in total. The lowest BCUT2D eigenvalue weighted by molar-refractivity contribution is -0.384. The molecule has 0 aliphatic rings. The lowest BCUT2D eigenvalue weighted by Gasteiger charge is -2.07. The van der Waals surface area contributed by atoms with Crippen molar-refractivity contribution >= 4 is 33.2 Å². The molecule has 0 radical (unpaired) electrons. The second-order valence-corrected chi connectivity index (χ2v) is 4.99. The molecule has 20 heavy (non-hydrogen) atoms. The maximum absolute atomic E-state index is 10.7. The van der Waals surface area contributed by atoms with E-state index in [4.69, 9.17) is 21.6 Å². The molecule has 2 rings (SSSR count). The van der Waals surface area contributed by atoms with Crippen molar-refractivity contribution in [3.63, 3.8) is 0 Å². The van der Waals surface area contributed by atoms with Gasteiger partial charge in [0.2, 0.25) is 0 Å². The van der Waals surface area contributed by atoms with Crippen LogP contribution in [-0.2, 0) is 0 Å². The number of hydrogen-bond acceptors (Lipinski definition) is 4. The lowest BCUT2D eigenvalue weighted by Crippen LogP contribution is -1.90. The van der Waals surface area contributed by atoms with Crippen molar-refractivity contribution in [2.24, 2.45) is 0 Å². The van der Waals surface area contributed by atoms with Gasteiger partial charge in [0.25, 0.3) is 5.69 Å². The minimum Gasteiger partial charge on any atom is -0.457 e. The van der Waals surface area contributed by atoms with Crippen LogP contribution in [0.2, 0.25) is 5.02 Å². The van der Waals surface area contributed by atoms with Gasteiger partial charge in [-0.05, 0) is 40.2 Å². The van der Waals surface area contributed by atoms with Gasteiger partial charge in [0, 0.05) is 16.6 Å². The molecule has 2 aromatic carbocycles. The maximum Gasteiger partial charge on any atom is 0.288 e. The normalized spacial score (nSPS) is 9.85. The van der Waals surface area contributed by atoms with E-state index >= 15 is 0 Å². The van der Waals surface area contributed by atoms with Gasteiger partial charge >= 0.3 is 0 Å². The van der Waals surface area contributed by atoms with Gasteiger partial charge < -0.3 is 4.74 Å². The molecule has 0 aromatic heterocycles. The van der Waals surface area contributed by atoms with Gasteiger partial charge in [-0.15, -0.1) is 0 Å². The average molecular weight is 354 g/mol. The molecule has 100 valence electrons. The molecule has 0 bridgehead atoms. The van der Waals surface area contributed by atoms with E-state index < -0.39 is 4.92 Å². The van der Waals surface area contributed by atoms with Gasteiger partial charge in [-0.1, -0.05) is 11.6 Å². The van der Waals surface area contributed by atoms with Crippen molar-refractivity contribution in [1.82, 2.24) is 0 Å². The summed E-state index contributed by atoms with van der Waals surface area (Å²) in [6.07, 6.45) is 0. The van der Waals surface area contributed by atoms with Crippen molar-refractivity contribution in [2.45, 2.75) is 0 Å². The van der Waals surface area contributed by atoms with E-state index in [9.17, 15) is 10.1 Å². The second-order valence-electron chi connectivity index (χ2n) is 3.73. The Labute approximate surface area is 127 Å². The zero-order valence-electron chi connectivity index (χ0n) is 9.84. The van der Waals surface area contributed by atoms with E-state index in [1.165, 1.54) is 18.2 Å². The van der Waals surface area contributed by atoms with Crippen LogP contribution in [0.25, 0.3) is 0 Å². The van der Waals surface area contributed by atoms with Gasteiger partial charge in [-0.25, -0.2) is 0 Å². The van der Waals surface area contributed by atoms with Gasteiger partial charge in [0.1, 0.15) is 22.6 Å². The summed E-state index contributed by atoms with van der Waals surface area (Å²) < 4.78 is 6.13. The molecular weight excluding hydrogens is 348 g/mol. The Balaban J connectivity index is 2.27. The van der Waals surface area contributed by atoms with Crippen molar-refractivity contribution in [1.29, 1.82) is 5.26 Å². The third-order valence-electron chi connectivity index (χ3n) is 2.41. The summed E-state index contributed by atoms with van der Waals surface area (Å²) in [4.78, 5) is 10.1. The minimum atomic E-state index is -0.565. The summed E-state index contributed by atoms with van der Waals surface area (Å²) in [6.45, 7) is 0. The number of halogens is 2. The van der Waals surface area contributed by atoms with Gasteiger partial charge in [-0.3, -0.25) is 10.1 Å². The van der Waals surface area contributed by atoms with E-state index in [-0.39, 0.29) is 10.7 Å². The van der Waals surface area contributed by atoms with E-state index in [0.29, 0.717) is 21.5 Å². The Morgan fingerprint density at radius 3 is 2.45 bits per heavy atom. The van der Waals surface area contributed by atoms with Crippen molar-refractivity contribution < 1.29 is 9.66 Å². The molecule has 7 heteroatoms. The van der Waals surface area contributed by atoms with Crippen LogP contribution < -0.4 is 4.74 Å². The first-order chi connectivity index (χ1) is 9.51. The van der Waals surface area contributed by atoms with Gasteiger partial charge in [0.05, 0.1) is 10.5 Å². The highest BCUT2D eigenvalue weighted by Gasteiger charge is 2.13. The molecule has 2 aromatic rings. The third kappa shape index (κ3) is 3.07. The van der Waals surface area contributed by atoms with Crippen molar-refractivity contribution in [2.75, 3.05) is 0 Å². The van der Waals surface area contributed by atoms with Crippen LogP contribution in [0, 0.1) is 21.4 Å². The van der Waals surface area contributed by atoms with E-state index in [1.54, 1.807) is 18.2 Å². The third-order valence-corrected chi connectivity index (χ3v) is 3.37. The lowest BCUT2D eigenvalue weighted by atomic mass is 10.2. The topological polar surface area (TPSA) is 76.2 Å². The molecule has 0 spiro atoms. The molecule has 0 saturated heterocycles. The first kappa shape index (κ1) is 14.3. The average Bonchev–Trinajstić information content (AvgIpc) is 2.38. The highest BCUT2D eigenvalue weighted by Crippen LogP contribution is 2.32. The van der Waals surface area contributed by atoms with Crippen molar-refractivity contribution in [3.05, 3.63) is 61.6 Å². The molecule has 0 unspecified atom stereocenters. The fraction of sp³-hybridized carbons (Fsp3) is 0. The summed E-state index contributed by atoms with van der Waals surface area (Å²) in [5, 5.41) is 19.5. The summed E-state index contributed by atoms with van der Waals surface area (Å²) in [5.74, 6) is 0.859. The molecule has 0 aliphatic carbocycles. The number of nitro benzene ring substituents is 1.